The van der Waals surface area contributed by atoms with E-state index < -0.39 is 0 Å². The summed E-state index contributed by atoms with van der Waals surface area (Å²) in [5.41, 5.74) is 8.46. The molecule has 0 radical (unpaired) electrons. The molecule has 0 aliphatic carbocycles. The zero-order valence-electron chi connectivity index (χ0n) is 9.12. The molecular weight excluding hydrogens is 220 g/mol. The summed E-state index contributed by atoms with van der Waals surface area (Å²) in [5, 5.41) is 2.09. The van der Waals surface area contributed by atoms with Gasteiger partial charge in [-0.15, -0.1) is 0 Å². The Morgan fingerprint density at radius 2 is 2.25 bits per heavy atom. The summed E-state index contributed by atoms with van der Waals surface area (Å²) in [7, 11) is 0. The first-order chi connectivity index (χ1) is 7.79. The first-order valence-corrected chi connectivity index (χ1v) is 6.16. The summed E-state index contributed by atoms with van der Waals surface area (Å²) >= 11 is 6.05. The van der Waals surface area contributed by atoms with Crippen molar-refractivity contribution in [3.63, 3.8) is 0 Å². The van der Waals surface area contributed by atoms with Crippen molar-refractivity contribution in [3.8, 4) is 0 Å². The van der Waals surface area contributed by atoms with Gasteiger partial charge in [0, 0.05) is 35.2 Å². The summed E-state index contributed by atoms with van der Waals surface area (Å²) in [4.78, 5) is 0. The van der Waals surface area contributed by atoms with Crippen molar-refractivity contribution < 1.29 is 0 Å². The van der Waals surface area contributed by atoms with Crippen molar-refractivity contribution in [2.24, 2.45) is 5.73 Å². The first kappa shape index (κ1) is 10.2. The summed E-state index contributed by atoms with van der Waals surface area (Å²) in [6.07, 6.45) is 2.42. The highest BCUT2D eigenvalue weighted by molar-refractivity contribution is 6.31. The number of aromatic nitrogens is 1. The van der Waals surface area contributed by atoms with Gasteiger partial charge in [0.2, 0.25) is 0 Å². The molecule has 0 spiro atoms. The van der Waals surface area contributed by atoms with Gasteiger partial charge in [-0.05, 0) is 36.4 Å². The molecule has 3 rings (SSSR count). The lowest BCUT2D eigenvalue weighted by atomic mass is 9.96. The second-order valence-corrected chi connectivity index (χ2v) is 4.94. The lowest BCUT2D eigenvalue weighted by Crippen LogP contribution is -2.21. The van der Waals surface area contributed by atoms with Crippen LogP contribution in [0.25, 0.3) is 10.9 Å². The lowest BCUT2D eigenvalue weighted by molar-refractivity contribution is 0.467. The minimum atomic E-state index is 0.514. The zero-order chi connectivity index (χ0) is 11.1. The highest BCUT2D eigenvalue weighted by Gasteiger charge is 2.21. The van der Waals surface area contributed by atoms with Crippen LogP contribution in [-0.4, -0.2) is 11.1 Å². The Bertz CT molecular complexity index is 530. The third-order valence-corrected chi connectivity index (χ3v) is 3.77. The highest BCUT2D eigenvalue weighted by atomic mass is 35.5. The molecule has 1 atom stereocenters. The molecule has 0 amide bonds. The summed E-state index contributed by atoms with van der Waals surface area (Å²) in [6, 6.07) is 8.37. The Balaban J connectivity index is 2.24. The van der Waals surface area contributed by atoms with Crippen LogP contribution in [0.3, 0.4) is 0 Å². The molecule has 1 aliphatic heterocycles. The molecule has 1 aliphatic rings. The molecule has 1 aromatic heterocycles. The van der Waals surface area contributed by atoms with Crippen LogP contribution in [0.15, 0.2) is 24.3 Å². The van der Waals surface area contributed by atoms with Crippen LogP contribution >= 0.6 is 11.6 Å². The molecule has 84 valence electrons. The Kier molecular flexibility index (Phi) is 2.41. The molecule has 0 saturated carbocycles. The van der Waals surface area contributed by atoms with E-state index >= 15 is 0 Å². The third-order valence-electron chi connectivity index (χ3n) is 3.54. The number of aryl methyl sites for hydroxylation is 1. The maximum absolute atomic E-state index is 6.05. The van der Waals surface area contributed by atoms with E-state index in [4.69, 9.17) is 17.3 Å². The van der Waals surface area contributed by atoms with Crippen LogP contribution in [0.2, 0.25) is 5.02 Å². The average molecular weight is 235 g/mol. The average Bonchev–Trinajstić information content (AvgIpc) is 2.67. The fraction of sp³-hybridized carbons (Fsp3) is 0.385. The minimum absolute atomic E-state index is 0.514. The van der Waals surface area contributed by atoms with Gasteiger partial charge in [0.1, 0.15) is 0 Å². The molecule has 1 aromatic carbocycles. The Labute approximate surface area is 100.0 Å². The number of hydrogen-bond acceptors (Lipinski definition) is 1. The molecule has 1 unspecified atom stereocenters. The SMILES string of the molecule is NCC1CCCn2c1cc1ccc(Cl)cc12. The van der Waals surface area contributed by atoms with E-state index in [1.54, 1.807) is 0 Å². The number of hydrogen-bond donors (Lipinski definition) is 1. The monoisotopic (exact) mass is 234 g/mol. The Hall–Kier alpha value is -0.990. The highest BCUT2D eigenvalue weighted by Crippen LogP contribution is 2.33. The van der Waals surface area contributed by atoms with Gasteiger partial charge in [0.25, 0.3) is 0 Å². The number of nitrogens with zero attached hydrogens (tertiary/aromatic N) is 1. The van der Waals surface area contributed by atoms with E-state index in [9.17, 15) is 0 Å². The van der Waals surface area contributed by atoms with Gasteiger partial charge in [-0.3, -0.25) is 0 Å². The Morgan fingerprint density at radius 3 is 3.06 bits per heavy atom. The van der Waals surface area contributed by atoms with Crippen LogP contribution in [-0.2, 0) is 6.54 Å². The van der Waals surface area contributed by atoms with Gasteiger partial charge >= 0.3 is 0 Å². The van der Waals surface area contributed by atoms with E-state index in [1.807, 2.05) is 6.07 Å². The summed E-state index contributed by atoms with van der Waals surface area (Å²) in [5.74, 6) is 0.514. The van der Waals surface area contributed by atoms with Gasteiger partial charge in [-0.1, -0.05) is 17.7 Å². The van der Waals surface area contributed by atoms with Gasteiger partial charge in [0.05, 0.1) is 0 Å². The number of fused-ring (bicyclic) bond motifs is 3. The molecular formula is C13H15ClN2. The van der Waals surface area contributed by atoms with Crippen molar-refractivity contribution >= 4 is 22.5 Å². The van der Waals surface area contributed by atoms with Crippen molar-refractivity contribution in [1.29, 1.82) is 0 Å². The number of rotatable bonds is 1. The molecule has 2 heterocycles. The van der Waals surface area contributed by atoms with E-state index in [-0.39, 0.29) is 0 Å². The minimum Gasteiger partial charge on any atom is -0.344 e. The van der Waals surface area contributed by atoms with Crippen LogP contribution in [0.5, 0.6) is 0 Å². The number of nitrogens with two attached hydrogens (primary N) is 1. The maximum Gasteiger partial charge on any atom is 0.0497 e. The van der Waals surface area contributed by atoms with Crippen molar-refractivity contribution in [1.82, 2.24) is 4.57 Å². The summed E-state index contributed by atoms with van der Waals surface area (Å²) < 4.78 is 2.38. The van der Waals surface area contributed by atoms with Gasteiger partial charge in [0.15, 0.2) is 0 Å². The van der Waals surface area contributed by atoms with Gasteiger partial charge in [-0.25, -0.2) is 0 Å². The standard InChI is InChI=1S/C13H15ClN2/c14-11-4-3-9-6-12-10(8-15)2-1-5-16(12)13(9)7-11/h3-4,6-7,10H,1-2,5,8,15H2. The quantitative estimate of drug-likeness (QED) is 0.808. The molecule has 0 fully saturated rings. The first-order valence-electron chi connectivity index (χ1n) is 5.78. The molecule has 2 aromatic rings. The van der Waals surface area contributed by atoms with E-state index in [0.29, 0.717) is 5.92 Å². The maximum atomic E-state index is 6.05. The normalized spacial score (nSPS) is 20.0. The molecule has 0 bridgehead atoms. The van der Waals surface area contributed by atoms with Crippen molar-refractivity contribution in [2.45, 2.75) is 25.3 Å². The van der Waals surface area contributed by atoms with Gasteiger partial charge in [-0.2, -0.15) is 0 Å². The molecule has 16 heavy (non-hydrogen) atoms. The van der Waals surface area contributed by atoms with Crippen LogP contribution in [0.1, 0.15) is 24.5 Å². The fourth-order valence-electron chi connectivity index (χ4n) is 2.72. The molecule has 0 saturated heterocycles. The van der Waals surface area contributed by atoms with Crippen LogP contribution in [0.4, 0.5) is 0 Å². The topological polar surface area (TPSA) is 30.9 Å². The smallest absolute Gasteiger partial charge is 0.0497 e. The molecule has 3 heteroatoms. The zero-order valence-corrected chi connectivity index (χ0v) is 9.87. The van der Waals surface area contributed by atoms with Crippen molar-refractivity contribution in [2.75, 3.05) is 6.54 Å². The predicted octanol–water partition coefficient (Wildman–Crippen LogP) is 3.13. The number of benzene rings is 1. The van der Waals surface area contributed by atoms with Crippen LogP contribution in [0, 0.1) is 0 Å². The second kappa shape index (κ2) is 3.79. The fourth-order valence-corrected chi connectivity index (χ4v) is 2.89. The lowest BCUT2D eigenvalue weighted by Gasteiger charge is -2.24. The van der Waals surface area contributed by atoms with Crippen LogP contribution < -0.4 is 5.73 Å². The Morgan fingerprint density at radius 1 is 1.38 bits per heavy atom. The molecule has 2 N–H and O–H groups in total. The summed E-state index contributed by atoms with van der Waals surface area (Å²) in [6.45, 7) is 1.83. The van der Waals surface area contributed by atoms with E-state index in [2.05, 4.69) is 22.8 Å². The third kappa shape index (κ3) is 1.45. The largest absolute Gasteiger partial charge is 0.344 e. The predicted molar refractivity (Wildman–Crippen MR) is 68.0 cm³/mol. The van der Waals surface area contributed by atoms with Crippen molar-refractivity contribution in [3.05, 3.63) is 35.0 Å². The van der Waals surface area contributed by atoms with Gasteiger partial charge < -0.3 is 10.3 Å². The second-order valence-electron chi connectivity index (χ2n) is 4.50. The van der Waals surface area contributed by atoms with E-state index in [1.165, 1.54) is 29.4 Å². The number of halogens is 1. The molecule has 2 nitrogen and oxygen atoms in total. The van der Waals surface area contributed by atoms with E-state index in [0.717, 1.165) is 18.1 Å².